The predicted molar refractivity (Wildman–Crippen MR) is 123 cm³/mol. The van der Waals surface area contributed by atoms with Gasteiger partial charge in [0.15, 0.2) is 5.96 Å². The van der Waals surface area contributed by atoms with Gasteiger partial charge in [-0.3, -0.25) is 4.99 Å². The van der Waals surface area contributed by atoms with Crippen molar-refractivity contribution in [2.75, 3.05) is 39.0 Å². The number of carbonyl (C=O) groups is 1. The average molecular weight is 450 g/mol. The van der Waals surface area contributed by atoms with Crippen molar-refractivity contribution in [2.24, 2.45) is 4.99 Å². The zero-order chi connectivity index (χ0) is 23.4. The molecule has 10 heteroatoms. The van der Waals surface area contributed by atoms with Crippen molar-refractivity contribution in [2.45, 2.75) is 78.9 Å². The summed E-state index contributed by atoms with van der Waals surface area (Å²) in [6, 6.07) is 0. The van der Waals surface area contributed by atoms with Gasteiger partial charge < -0.3 is 20.7 Å². The third-order valence-corrected chi connectivity index (χ3v) is 6.08. The molecule has 0 rings (SSSR count). The van der Waals surface area contributed by atoms with Gasteiger partial charge in [-0.15, -0.1) is 0 Å². The maximum Gasteiger partial charge on any atom is 0.408 e. The monoisotopic (exact) mass is 449 g/mol. The molecule has 0 aromatic rings. The Morgan fingerprint density at radius 3 is 2.10 bits per heavy atom. The summed E-state index contributed by atoms with van der Waals surface area (Å²) < 4.78 is 30.2. The lowest BCUT2D eigenvalue weighted by Gasteiger charge is -2.32. The van der Waals surface area contributed by atoms with E-state index >= 15 is 0 Å². The third kappa shape index (κ3) is 11.6. The standard InChI is InChI=1S/C20H43N5O4S/c1-9-20(10-2,24-18(26)29-19(5,6)7)16-23-17(21-11-3)22-14-13-15-25(12-4)30(8,27)28/h9-16H2,1-8H3,(H,24,26)(H2,21,22,23). The Morgan fingerprint density at radius 2 is 1.67 bits per heavy atom. The molecule has 0 aliphatic heterocycles. The SMILES string of the molecule is CCNC(=NCC(CC)(CC)NC(=O)OC(C)(C)C)NCCCN(CC)S(C)(=O)=O. The molecule has 0 saturated carbocycles. The molecular weight excluding hydrogens is 406 g/mol. The lowest BCUT2D eigenvalue weighted by molar-refractivity contribution is 0.0452. The first-order valence-corrected chi connectivity index (χ1v) is 12.7. The maximum atomic E-state index is 12.3. The van der Waals surface area contributed by atoms with Gasteiger partial charge in [0.2, 0.25) is 10.0 Å². The van der Waals surface area contributed by atoms with E-state index in [2.05, 4.69) is 20.9 Å². The van der Waals surface area contributed by atoms with E-state index in [1.807, 2.05) is 48.5 Å². The van der Waals surface area contributed by atoms with E-state index in [0.717, 1.165) is 0 Å². The highest BCUT2D eigenvalue weighted by molar-refractivity contribution is 7.88. The van der Waals surface area contributed by atoms with Crippen molar-refractivity contribution in [1.29, 1.82) is 0 Å². The molecule has 0 heterocycles. The zero-order valence-corrected chi connectivity index (χ0v) is 20.9. The molecule has 178 valence electrons. The number of amides is 1. The summed E-state index contributed by atoms with van der Waals surface area (Å²) in [6.45, 7) is 15.9. The van der Waals surface area contributed by atoms with Gasteiger partial charge in [-0.05, 0) is 47.0 Å². The van der Waals surface area contributed by atoms with Gasteiger partial charge in [0, 0.05) is 26.2 Å². The van der Waals surface area contributed by atoms with Gasteiger partial charge in [-0.25, -0.2) is 17.5 Å². The van der Waals surface area contributed by atoms with Crippen LogP contribution in [0.25, 0.3) is 0 Å². The zero-order valence-electron chi connectivity index (χ0n) is 20.1. The Bertz CT molecular complexity index is 640. The molecule has 0 atom stereocenters. The molecule has 0 fully saturated rings. The number of hydrogen-bond donors (Lipinski definition) is 3. The fourth-order valence-corrected chi connectivity index (χ4v) is 3.73. The molecule has 0 aliphatic carbocycles. The van der Waals surface area contributed by atoms with Crippen molar-refractivity contribution < 1.29 is 17.9 Å². The van der Waals surface area contributed by atoms with Gasteiger partial charge in [0.25, 0.3) is 0 Å². The first-order valence-electron chi connectivity index (χ1n) is 10.8. The first-order chi connectivity index (χ1) is 13.8. The number of nitrogens with one attached hydrogen (secondary N) is 3. The number of carbonyl (C=O) groups excluding carboxylic acids is 1. The second-order valence-corrected chi connectivity index (χ2v) is 10.3. The molecule has 3 N–H and O–H groups in total. The molecule has 30 heavy (non-hydrogen) atoms. The highest BCUT2D eigenvalue weighted by Gasteiger charge is 2.30. The quantitative estimate of drug-likeness (QED) is 0.239. The Kier molecular flexibility index (Phi) is 12.3. The van der Waals surface area contributed by atoms with Crippen LogP contribution in [-0.4, -0.2) is 74.9 Å². The fourth-order valence-electron chi connectivity index (χ4n) is 2.80. The van der Waals surface area contributed by atoms with Crippen molar-refractivity contribution in [1.82, 2.24) is 20.3 Å². The molecule has 0 saturated heterocycles. The number of hydrogen-bond acceptors (Lipinski definition) is 5. The van der Waals surface area contributed by atoms with Crippen LogP contribution >= 0.6 is 0 Å². The van der Waals surface area contributed by atoms with Crippen LogP contribution in [-0.2, 0) is 14.8 Å². The van der Waals surface area contributed by atoms with Crippen LogP contribution in [0.15, 0.2) is 4.99 Å². The highest BCUT2D eigenvalue weighted by atomic mass is 32.2. The van der Waals surface area contributed by atoms with Crippen molar-refractivity contribution in [3.05, 3.63) is 0 Å². The van der Waals surface area contributed by atoms with E-state index in [4.69, 9.17) is 4.74 Å². The lowest BCUT2D eigenvalue weighted by Crippen LogP contribution is -2.52. The van der Waals surface area contributed by atoms with Crippen LogP contribution in [0.5, 0.6) is 0 Å². The van der Waals surface area contributed by atoms with Crippen LogP contribution in [0.3, 0.4) is 0 Å². The molecular formula is C20H43N5O4S. The average Bonchev–Trinajstić information content (AvgIpc) is 2.62. The van der Waals surface area contributed by atoms with Crippen LogP contribution in [0.4, 0.5) is 4.79 Å². The number of guanidine groups is 1. The summed E-state index contributed by atoms with van der Waals surface area (Å²) in [7, 11) is -3.18. The Labute approximate surface area is 183 Å². The second-order valence-electron chi connectivity index (χ2n) is 8.34. The van der Waals surface area contributed by atoms with Gasteiger partial charge in [0.1, 0.15) is 5.60 Å². The lowest BCUT2D eigenvalue weighted by atomic mass is 9.93. The topological polar surface area (TPSA) is 112 Å². The Hall–Kier alpha value is -1.55. The largest absolute Gasteiger partial charge is 0.444 e. The van der Waals surface area contributed by atoms with Crippen molar-refractivity contribution >= 4 is 22.1 Å². The van der Waals surface area contributed by atoms with Crippen LogP contribution < -0.4 is 16.0 Å². The number of sulfonamides is 1. The molecule has 0 radical (unpaired) electrons. The van der Waals surface area contributed by atoms with Gasteiger partial charge in [-0.1, -0.05) is 20.8 Å². The Balaban J connectivity index is 4.98. The number of ether oxygens (including phenoxy) is 1. The number of alkyl carbamates (subject to hydrolysis) is 1. The molecule has 0 spiro atoms. The molecule has 0 unspecified atom stereocenters. The predicted octanol–water partition coefficient (Wildman–Crippen LogP) is 2.30. The molecule has 1 amide bonds. The van der Waals surface area contributed by atoms with E-state index in [0.29, 0.717) is 57.9 Å². The molecule has 0 aromatic heterocycles. The summed E-state index contributed by atoms with van der Waals surface area (Å²) in [5.41, 5.74) is -1.06. The van der Waals surface area contributed by atoms with E-state index < -0.39 is 27.3 Å². The van der Waals surface area contributed by atoms with E-state index in [1.165, 1.54) is 10.6 Å². The van der Waals surface area contributed by atoms with Gasteiger partial charge in [0.05, 0.1) is 18.3 Å². The molecule has 9 nitrogen and oxygen atoms in total. The van der Waals surface area contributed by atoms with Crippen LogP contribution in [0.1, 0.15) is 67.7 Å². The van der Waals surface area contributed by atoms with E-state index in [9.17, 15) is 13.2 Å². The smallest absolute Gasteiger partial charge is 0.408 e. The van der Waals surface area contributed by atoms with Gasteiger partial charge >= 0.3 is 6.09 Å². The minimum absolute atomic E-state index is 0.402. The summed E-state index contributed by atoms with van der Waals surface area (Å²) >= 11 is 0. The van der Waals surface area contributed by atoms with E-state index in [-0.39, 0.29) is 0 Å². The van der Waals surface area contributed by atoms with Crippen molar-refractivity contribution in [3.8, 4) is 0 Å². The summed E-state index contributed by atoms with van der Waals surface area (Å²) in [4.78, 5) is 16.9. The first kappa shape index (κ1) is 28.5. The third-order valence-electron chi connectivity index (χ3n) is 4.70. The normalized spacial score (nSPS) is 13.3. The fraction of sp³-hybridized carbons (Fsp3) is 0.900. The summed E-state index contributed by atoms with van der Waals surface area (Å²) in [5.74, 6) is 0.636. The second kappa shape index (κ2) is 13.0. The van der Waals surface area contributed by atoms with E-state index in [1.54, 1.807) is 0 Å². The molecule has 0 aliphatic rings. The minimum Gasteiger partial charge on any atom is -0.444 e. The number of aliphatic imine (C=N–C) groups is 1. The maximum absolute atomic E-state index is 12.3. The molecule has 0 aromatic carbocycles. The molecule has 0 bridgehead atoms. The minimum atomic E-state index is -3.18. The summed E-state index contributed by atoms with van der Waals surface area (Å²) in [5, 5.41) is 9.42. The summed E-state index contributed by atoms with van der Waals surface area (Å²) in [6.07, 6.45) is 2.87. The number of nitrogens with zero attached hydrogens (tertiary/aromatic N) is 2. The highest BCUT2D eigenvalue weighted by Crippen LogP contribution is 2.17. The Morgan fingerprint density at radius 1 is 1.07 bits per heavy atom. The number of rotatable bonds is 12. The van der Waals surface area contributed by atoms with Crippen LogP contribution in [0, 0.1) is 0 Å². The van der Waals surface area contributed by atoms with Gasteiger partial charge in [-0.2, -0.15) is 0 Å². The van der Waals surface area contributed by atoms with Crippen LogP contribution in [0.2, 0.25) is 0 Å². The van der Waals surface area contributed by atoms with Crippen molar-refractivity contribution in [3.63, 3.8) is 0 Å².